The van der Waals surface area contributed by atoms with Crippen LogP contribution in [0.5, 0.6) is 0 Å². The van der Waals surface area contributed by atoms with Gasteiger partial charge in [0.25, 0.3) is 0 Å². The van der Waals surface area contributed by atoms with Crippen LogP contribution in [0.4, 0.5) is 0 Å². The van der Waals surface area contributed by atoms with E-state index in [2.05, 4.69) is 15.9 Å². The van der Waals surface area contributed by atoms with E-state index in [1.165, 1.54) is 38.5 Å². The predicted molar refractivity (Wildman–Crippen MR) is 72.1 cm³/mol. The van der Waals surface area contributed by atoms with E-state index in [0.717, 1.165) is 12.3 Å². The molecule has 17 heavy (non-hydrogen) atoms. The molecule has 0 bridgehead atoms. The van der Waals surface area contributed by atoms with E-state index >= 15 is 0 Å². The molecule has 0 aliphatic heterocycles. The van der Waals surface area contributed by atoms with Gasteiger partial charge in [0.15, 0.2) is 0 Å². The van der Waals surface area contributed by atoms with Crippen molar-refractivity contribution in [1.82, 2.24) is 0 Å². The Morgan fingerprint density at radius 1 is 1.18 bits per heavy atom. The van der Waals surface area contributed by atoms with E-state index in [4.69, 9.17) is 4.74 Å². The number of esters is 1. The fourth-order valence-corrected chi connectivity index (χ4v) is 4.13. The average molecular weight is 303 g/mol. The van der Waals surface area contributed by atoms with Crippen LogP contribution in [0.15, 0.2) is 0 Å². The number of carbonyl (C=O) groups excluding carboxylic acids is 1. The summed E-state index contributed by atoms with van der Waals surface area (Å²) < 4.78 is 5.22. The summed E-state index contributed by atoms with van der Waals surface area (Å²) in [6.45, 7) is 2.42. The highest BCUT2D eigenvalue weighted by atomic mass is 79.9. The van der Waals surface area contributed by atoms with Crippen LogP contribution in [0.25, 0.3) is 0 Å². The summed E-state index contributed by atoms with van der Waals surface area (Å²) in [5.41, 5.74) is 0. The van der Waals surface area contributed by atoms with Crippen molar-refractivity contribution in [2.75, 3.05) is 6.61 Å². The molecular formula is C14H23BrO2. The van der Waals surface area contributed by atoms with Crippen molar-refractivity contribution in [3.8, 4) is 0 Å². The molecule has 0 heterocycles. The Bertz CT molecular complexity index is 259. The summed E-state index contributed by atoms with van der Waals surface area (Å²) in [4.78, 5) is 12.6. The molecule has 3 heteroatoms. The van der Waals surface area contributed by atoms with E-state index in [1.807, 2.05) is 6.92 Å². The molecular weight excluding hydrogens is 280 g/mol. The lowest BCUT2D eigenvalue weighted by atomic mass is 9.75. The minimum Gasteiger partial charge on any atom is -0.466 e. The van der Waals surface area contributed by atoms with Crippen LogP contribution in [0.2, 0.25) is 0 Å². The molecule has 0 aromatic heterocycles. The quantitative estimate of drug-likeness (QED) is 0.583. The SMILES string of the molecule is CCOC(=O)C1CCC[C@@H]1C1CCC(Br)CC1. The van der Waals surface area contributed by atoms with Crippen molar-refractivity contribution < 1.29 is 9.53 Å². The molecule has 0 N–H and O–H groups in total. The first-order valence-corrected chi connectivity index (χ1v) is 7.94. The van der Waals surface area contributed by atoms with Crippen LogP contribution >= 0.6 is 15.9 Å². The predicted octanol–water partition coefficient (Wildman–Crippen LogP) is 3.92. The summed E-state index contributed by atoms with van der Waals surface area (Å²) in [5, 5.41) is 0. The second-order valence-corrected chi connectivity index (χ2v) is 6.76. The van der Waals surface area contributed by atoms with Crippen molar-refractivity contribution in [3.63, 3.8) is 0 Å². The van der Waals surface area contributed by atoms with Gasteiger partial charge in [0.05, 0.1) is 12.5 Å². The number of rotatable bonds is 3. The number of ether oxygens (including phenoxy) is 1. The largest absolute Gasteiger partial charge is 0.466 e. The van der Waals surface area contributed by atoms with Crippen molar-refractivity contribution >= 4 is 21.9 Å². The van der Waals surface area contributed by atoms with Gasteiger partial charge in [-0.25, -0.2) is 0 Å². The highest BCUT2D eigenvalue weighted by molar-refractivity contribution is 9.09. The van der Waals surface area contributed by atoms with Crippen molar-refractivity contribution in [2.24, 2.45) is 17.8 Å². The summed E-state index contributed by atoms with van der Waals surface area (Å²) >= 11 is 3.70. The second-order valence-electron chi connectivity index (χ2n) is 5.47. The molecule has 0 spiro atoms. The third kappa shape index (κ3) is 3.24. The monoisotopic (exact) mass is 302 g/mol. The summed E-state index contributed by atoms with van der Waals surface area (Å²) in [6, 6.07) is 0. The number of alkyl halides is 1. The number of halogens is 1. The Morgan fingerprint density at radius 3 is 2.53 bits per heavy atom. The van der Waals surface area contributed by atoms with Crippen LogP contribution in [-0.4, -0.2) is 17.4 Å². The second kappa shape index (κ2) is 6.21. The molecule has 2 saturated carbocycles. The summed E-state index contributed by atoms with van der Waals surface area (Å²) in [7, 11) is 0. The third-order valence-electron chi connectivity index (χ3n) is 4.47. The smallest absolute Gasteiger partial charge is 0.309 e. The first-order valence-electron chi connectivity index (χ1n) is 7.03. The van der Waals surface area contributed by atoms with Gasteiger partial charge in [-0.05, 0) is 57.3 Å². The van der Waals surface area contributed by atoms with Crippen molar-refractivity contribution in [1.29, 1.82) is 0 Å². The normalized spacial score (nSPS) is 38.0. The minimum absolute atomic E-state index is 0.0657. The van der Waals surface area contributed by atoms with E-state index < -0.39 is 0 Å². The van der Waals surface area contributed by atoms with Gasteiger partial charge in [0.1, 0.15) is 0 Å². The molecule has 2 fully saturated rings. The van der Waals surface area contributed by atoms with Crippen LogP contribution in [-0.2, 0) is 9.53 Å². The minimum atomic E-state index is 0.0657. The van der Waals surface area contributed by atoms with Gasteiger partial charge in [-0.3, -0.25) is 4.79 Å². The first kappa shape index (κ1) is 13.4. The maximum atomic E-state index is 11.9. The summed E-state index contributed by atoms with van der Waals surface area (Å²) in [5.74, 6) is 1.64. The van der Waals surface area contributed by atoms with Crippen LogP contribution < -0.4 is 0 Å². The molecule has 0 amide bonds. The molecule has 2 atom stereocenters. The Kier molecular flexibility index (Phi) is 4.89. The molecule has 2 nitrogen and oxygen atoms in total. The van der Waals surface area contributed by atoms with E-state index in [-0.39, 0.29) is 11.9 Å². The van der Waals surface area contributed by atoms with Crippen LogP contribution in [0.1, 0.15) is 51.9 Å². The van der Waals surface area contributed by atoms with Gasteiger partial charge >= 0.3 is 5.97 Å². The zero-order valence-electron chi connectivity index (χ0n) is 10.7. The Morgan fingerprint density at radius 2 is 1.88 bits per heavy atom. The summed E-state index contributed by atoms with van der Waals surface area (Å²) in [6.07, 6.45) is 8.63. The van der Waals surface area contributed by atoms with Crippen molar-refractivity contribution in [2.45, 2.75) is 56.7 Å². The highest BCUT2D eigenvalue weighted by Gasteiger charge is 2.39. The molecule has 0 saturated heterocycles. The molecule has 2 rings (SSSR count). The van der Waals surface area contributed by atoms with Crippen LogP contribution in [0.3, 0.4) is 0 Å². The van der Waals surface area contributed by atoms with Crippen LogP contribution in [0, 0.1) is 17.8 Å². The molecule has 98 valence electrons. The Hall–Kier alpha value is -0.0500. The van der Waals surface area contributed by atoms with Gasteiger partial charge in [-0.15, -0.1) is 0 Å². The van der Waals surface area contributed by atoms with Crippen molar-refractivity contribution in [3.05, 3.63) is 0 Å². The maximum Gasteiger partial charge on any atom is 0.309 e. The zero-order chi connectivity index (χ0) is 12.3. The lowest BCUT2D eigenvalue weighted by Gasteiger charge is -2.32. The standard InChI is InChI=1S/C14H23BrO2/c1-2-17-14(16)13-5-3-4-12(13)10-6-8-11(15)9-7-10/h10-13H,2-9H2,1H3/t10?,11?,12-,13?/m1/s1. The Balaban J connectivity index is 1.92. The molecule has 2 aliphatic rings. The third-order valence-corrected chi connectivity index (χ3v) is 5.38. The van der Waals surface area contributed by atoms with E-state index in [1.54, 1.807) is 0 Å². The fraction of sp³-hybridized carbons (Fsp3) is 0.929. The van der Waals surface area contributed by atoms with Gasteiger partial charge < -0.3 is 4.74 Å². The van der Waals surface area contributed by atoms with Gasteiger partial charge in [0, 0.05) is 4.83 Å². The molecule has 0 aromatic carbocycles. The molecule has 1 unspecified atom stereocenters. The lowest BCUT2D eigenvalue weighted by Crippen LogP contribution is -2.29. The average Bonchev–Trinajstić information content (AvgIpc) is 2.79. The van der Waals surface area contributed by atoms with E-state index in [9.17, 15) is 4.79 Å². The highest BCUT2D eigenvalue weighted by Crippen LogP contribution is 2.44. The Labute approximate surface area is 113 Å². The number of hydrogen-bond acceptors (Lipinski definition) is 2. The zero-order valence-corrected chi connectivity index (χ0v) is 12.2. The topological polar surface area (TPSA) is 26.3 Å². The maximum absolute atomic E-state index is 11.9. The fourth-order valence-electron chi connectivity index (χ4n) is 3.60. The molecule has 2 aliphatic carbocycles. The van der Waals surface area contributed by atoms with Gasteiger partial charge in [-0.1, -0.05) is 22.4 Å². The van der Waals surface area contributed by atoms with Gasteiger partial charge in [0.2, 0.25) is 0 Å². The number of hydrogen-bond donors (Lipinski definition) is 0. The molecule has 0 aromatic rings. The first-order chi connectivity index (χ1) is 8.22. The van der Waals surface area contributed by atoms with Gasteiger partial charge in [-0.2, -0.15) is 0 Å². The lowest BCUT2D eigenvalue weighted by molar-refractivity contribution is -0.150. The van der Waals surface area contributed by atoms with E-state index in [0.29, 0.717) is 17.4 Å². The number of carbonyl (C=O) groups is 1. The molecule has 0 radical (unpaired) electrons.